The molecule has 2 spiro atoms. The fourth-order valence-corrected chi connectivity index (χ4v) is 15.2. The first kappa shape index (κ1) is 41.2. The van der Waals surface area contributed by atoms with Gasteiger partial charge in [-0.25, -0.2) is 4.79 Å². The molecule has 11 heteroatoms. The number of likely N-dealkylation sites (tertiary alicyclic amines) is 1. The molecule has 8 aliphatic rings. The molecule has 0 bridgehead atoms. The standard InChI is InChI=1S/C45H74N2O9/c1-26-20-29(37(41(8,9)51)53-27(2)48)54-35-34(26)42(10)16-17-45-25-44(45)15-14-32(40(6,7)30(44)12-13-31(45)43(42,11)36(35)49)55-33-24-46(18-19-52-33)21-28-22-47(23-28)38(50)56-39(3,4)5/h26,28-37,49,51H,12-25H2,1-11H3/t26-,29-,30+,31+,32+,33+,34+,35+,36+,37+,42-,43-,44-,45+/m1/s1. The molecule has 318 valence electrons. The van der Waals surface area contributed by atoms with Crippen molar-refractivity contribution < 1.29 is 43.5 Å². The molecule has 3 saturated heterocycles. The molecule has 8 fully saturated rings. The van der Waals surface area contributed by atoms with Crippen molar-refractivity contribution in [3.05, 3.63) is 0 Å². The van der Waals surface area contributed by atoms with Crippen LogP contribution in [0.15, 0.2) is 0 Å². The van der Waals surface area contributed by atoms with Crippen LogP contribution >= 0.6 is 0 Å². The van der Waals surface area contributed by atoms with E-state index in [0.29, 0.717) is 30.8 Å². The lowest BCUT2D eigenvalue weighted by molar-refractivity contribution is -0.249. The Bertz CT molecular complexity index is 1540. The smallest absolute Gasteiger partial charge is 0.410 e. The minimum atomic E-state index is -1.27. The third-order valence-corrected chi connectivity index (χ3v) is 17.7. The SMILES string of the molecule is CC(=O)O[C@@H]([C@H]1C[C@@H](C)[C@H]2[C@H](O1)[C@H](O)[C@@]1(C)[C@@H]3CC[C@H]4C(C)(C)[C@@H](O[C@H]5CN(CC6CN(C(=O)OC(C)(C)C)C6)CCO5)CC[C@@]45C[C@@]35CC[C@]21C)C(C)(C)O. The number of ether oxygens (including phenoxy) is 5. The molecule has 3 aliphatic heterocycles. The average molecular weight is 787 g/mol. The van der Waals surface area contributed by atoms with E-state index in [1.807, 2.05) is 25.7 Å². The zero-order chi connectivity index (χ0) is 40.6. The van der Waals surface area contributed by atoms with E-state index >= 15 is 0 Å². The van der Waals surface area contributed by atoms with Gasteiger partial charge in [0.25, 0.3) is 0 Å². The first-order valence-corrected chi connectivity index (χ1v) is 22.2. The van der Waals surface area contributed by atoms with E-state index in [1.165, 1.54) is 26.2 Å². The molecule has 5 saturated carbocycles. The molecule has 0 radical (unpaired) electrons. The summed E-state index contributed by atoms with van der Waals surface area (Å²) in [6.45, 7) is 27.3. The van der Waals surface area contributed by atoms with Crippen molar-refractivity contribution in [1.29, 1.82) is 0 Å². The van der Waals surface area contributed by atoms with Gasteiger partial charge in [-0.15, -0.1) is 0 Å². The van der Waals surface area contributed by atoms with Gasteiger partial charge in [0.1, 0.15) is 5.60 Å². The van der Waals surface area contributed by atoms with Gasteiger partial charge in [-0.05, 0) is 131 Å². The van der Waals surface area contributed by atoms with Gasteiger partial charge in [-0.3, -0.25) is 9.69 Å². The lowest BCUT2D eigenvalue weighted by Crippen LogP contribution is -2.60. The highest BCUT2D eigenvalue weighted by Crippen LogP contribution is 2.89. The first-order valence-electron chi connectivity index (χ1n) is 22.2. The lowest BCUT2D eigenvalue weighted by Gasteiger charge is -2.64. The highest BCUT2D eigenvalue weighted by molar-refractivity contribution is 5.69. The Hall–Kier alpha value is -1.50. The highest BCUT2D eigenvalue weighted by Gasteiger charge is 2.84. The fraction of sp³-hybridized carbons (Fsp3) is 0.956. The zero-order valence-electron chi connectivity index (χ0n) is 36.4. The van der Waals surface area contributed by atoms with E-state index in [0.717, 1.165) is 58.4 Å². The number of aliphatic hydroxyl groups excluding tert-OH is 1. The minimum Gasteiger partial charge on any atom is -0.457 e. The summed E-state index contributed by atoms with van der Waals surface area (Å²) in [5.74, 6) is 1.44. The Balaban J connectivity index is 0.932. The Morgan fingerprint density at radius 2 is 1.62 bits per heavy atom. The van der Waals surface area contributed by atoms with Crippen LogP contribution in [-0.4, -0.2) is 119 Å². The molecule has 0 aromatic carbocycles. The van der Waals surface area contributed by atoms with Crippen LogP contribution < -0.4 is 0 Å². The monoisotopic (exact) mass is 787 g/mol. The molecule has 0 unspecified atom stereocenters. The molecule has 2 N–H and O–H groups in total. The van der Waals surface area contributed by atoms with Crippen LogP contribution in [0.4, 0.5) is 4.79 Å². The average Bonchev–Trinajstić information content (AvgIpc) is 3.70. The van der Waals surface area contributed by atoms with E-state index in [2.05, 4.69) is 39.5 Å². The van der Waals surface area contributed by atoms with E-state index in [4.69, 9.17) is 23.7 Å². The van der Waals surface area contributed by atoms with E-state index < -0.39 is 35.5 Å². The molecule has 0 aromatic heterocycles. The van der Waals surface area contributed by atoms with Gasteiger partial charge in [0, 0.05) is 51.0 Å². The molecule has 5 aliphatic carbocycles. The fourth-order valence-electron chi connectivity index (χ4n) is 15.2. The topological polar surface area (TPSA) is 127 Å². The number of rotatable bonds is 7. The summed E-state index contributed by atoms with van der Waals surface area (Å²) in [6, 6.07) is 0. The number of carbonyl (C=O) groups is 2. The number of amides is 1. The third kappa shape index (κ3) is 6.23. The van der Waals surface area contributed by atoms with Crippen LogP contribution in [0.5, 0.6) is 0 Å². The molecule has 1 amide bonds. The van der Waals surface area contributed by atoms with Gasteiger partial charge in [-0.1, -0.05) is 34.6 Å². The maximum absolute atomic E-state index is 12.7. The number of morpholine rings is 1. The summed E-state index contributed by atoms with van der Waals surface area (Å²) >= 11 is 0. The number of hydrogen-bond donors (Lipinski definition) is 2. The van der Waals surface area contributed by atoms with Gasteiger partial charge in [0.15, 0.2) is 12.4 Å². The van der Waals surface area contributed by atoms with Crippen LogP contribution in [0.3, 0.4) is 0 Å². The maximum atomic E-state index is 12.7. The molecule has 3 heterocycles. The summed E-state index contributed by atoms with van der Waals surface area (Å²) in [5.41, 5.74) is -1.62. The Labute approximate surface area is 336 Å². The summed E-state index contributed by atoms with van der Waals surface area (Å²) in [7, 11) is 0. The summed E-state index contributed by atoms with van der Waals surface area (Å²) in [6.07, 6.45) is 6.10. The van der Waals surface area contributed by atoms with Gasteiger partial charge in [0.2, 0.25) is 0 Å². The van der Waals surface area contributed by atoms with E-state index in [9.17, 15) is 19.8 Å². The van der Waals surface area contributed by atoms with Gasteiger partial charge in [0.05, 0.1) is 36.6 Å². The third-order valence-electron chi connectivity index (χ3n) is 17.7. The van der Waals surface area contributed by atoms with Crippen molar-refractivity contribution >= 4 is 12.1 Å². The zero-order valence-corrected chi connectivity index (χ0v) is 36.4. The van der Waals surface area contributed by atoms with Gasteiger partial charge in [-0.2, -0.15) is 0 Å². The predicted molar refractivity (Wildman–Crippen MR) is 210 cm³/mol. The molecular weight excluding hydrogens is 712 g/mol. The molecule has 11 nitrogen and oxygen atoms in total. The quantitative estimate of drug-likeness (QED) is 0.280. The molecule has 56 heavy (non-hydrogen) atoms. The van der Waals surface area contributed by atoms with Crippen molar-refractivity contribution in [3.8, 4) is 0 Å². The Morgan fingerprint density at radius 1 is 0.946 bits per heavy atom. The number of esters is 1. The first-order chi connectivity index (χ1) is 26.0. The van der Waals surface area contributed by atoms with Gasteiger partial charge >= 0.3 is 12.1 Å². The minimum absolute atomic E-state index is 0.00213. The molecular formula is C45H74N2O9. The van der Waals surface area contributed by atoms with Gasteiger partial charge < -0.3 is 38.8 Å². The van der Waals surface area contributed by atoms with Crippen LogP contribution in [0.1, 0.15) is 128 Å². The summed E-state index contributed by atoms with van der Waals surface area (Å²) in [4.78, 5) is 28.9. The molecule has 14 atom stereocenters. The second kappa shape index (κ2) is 13.5. The number of hydrogen-bond acceptors (Lipinski definition) is 10. The van der Waals surface area contributed by atoms with Crippen molar-refractivity contribution in [2.45, 2.75) is 176 Å². The number of fused-ring (bicyclic) bond motifs is 4. The van der Waals surface area contributed by atoms with Crippen molar-refractivity contribution in [3.63, 3.8) is 0 Å². The van der Waals surface area contributed by atoms with Crippen LogP contribution in [0.25, 0.3) is 0 Å². The van der Waals surface area contributed by atoms with Crippen LogP contribution in [0, 0.1) is 56.7 Å². The van der Waals surface area contributed by atoms with Crippen molar-refractivity contribution in [2.24, 2.45) is 56.7 Å². The summed E-state index contributed by atoms with van der Waals surface area (Å²) in [5, 5.41) is 23.7. The Kier molecular flexibility index (Phi) is 9.95. The van der Waals surface area contributed by atoms with E-state index in [1.54, 1.807) is 13.8 Å². The highest BCUT2D eigenvalue weighted by atomic mass is 16.7. The largest absolute Gasteiger partial charge is 0.457 e. The molecule has 0 aromatic rings. The number of aliphatic hydroxyl groups is 2. The van der Waals surface area contributed by atoms with Crippen molar-refractivity contribution in [2.75, 3.05) is 39.3 Å². The predicted octanol–water partition coefficient (Wildman–Crippen LogP) is 6.41. The number of nitrogens with zero attached hydrogens (tertiary/aromatic N) is 2. The van der Waals surface area contributed by atoms with Crippen LogP contribution in [-0.2, 0) is 28.5 Å². The van der Waals surface area contributed by atoms with Crippen molar-refractivity contribution in [1.82, 2.24) is 9.80 Å². The summed E-state index contributed by atoms with van der Waals surface area (Å²) < 4.78 is 31.4. The lowest BCUT2D eigenvalue weighted by atomic mass is 9.41. The van der Waals surface area contributed by atoms with E-state index in [-0.39, 0.29) is 63.5 Å². The second-order valence-corrected chi connectivity index (χ2v) is 22.7. The maximum Gasteiger partial charge on any atom is 0.410 e. The normalized spacial score (nSPS) is 46.6. The Morgan fingerprint density at radius 3 is 2.29 bits per heavy atom. The molecule has 8 rings (SSSR count). The second-order valence-electron chi connectivity index (χ2n) is 22.7. The number of carbonyl (C=O) groups excluding carboxylic acids is 2. The van der Waals surface area contributed by atoms with Crippen LogP contribution in [0.2, 0.25) is 0 Å².